The van der Waals surface area contributed by atoms with E-state index in [9.17, 15) is 9.90 Å². The predicted octanol–water partition coefficient (Wildman–Crippen LogP) is 5.48. The van der Waals surface area contributed by atoms with E-state index in [1.54, 1.807) is 18.4 Å². The van der Waals surface area contributed by atoms with E-state index in [1.165, 1.54) is 0 Å². The van der Waals surface area contributed by atoms with E-state index in [0.717, 1.165) is 15.9 Å². The van der Waals surface area contributed by atoms with Crippen LogP contribution < -0.4 is 21.6 Å². The number of imidazole rings is 1. The maximum absolute atomic E-state index is 14.2. The molecule has 5 aromatic rings. The van der Waals surface area contributed by atoms with Crippen molar-refractivity contribution in [2.45, 2.75) is 19.9 Å². The fraction of sp³-hybridized carbons (Fsp3) is 0.152. The summed E-state index contributed by atoms with van der Waals surface area (Å²) in [6, 6.07) is 36.1. The Morgan fingerprint density at radius 3 is 1.73 bits per heavy atom. The Morgan fingerprint density at radius 2 is 1.24 bits per heavy atom. The molecule has 7 nitrogen and oxygen atoms in total. The van der Waals surface area contributed by atoms with Gasteiger partial charge >= 0.3 is 11.9 Å². The van der Waals surface area contributed by atoms with Crippen molar-refractivity contribution in [3.05, 3.63) is 127 Å². The topological polar surface area (TPSA) is 99.6 Å². The van der Waals surface area contributed by atoms with Gasteiger partial charge in [0.25, 0.3) is 0 Å². The molecular formula is C33H33N3O4P+. The molecule has 0 fully saturated rings. The van der Waals surface area contributed by atoms with E-state index in [4.69, 9.17) is 15.2 Å². The molecule has 8 heteroatoms. The second-order valence-corrected chi connectivity index (χ2v) is 12.7. The molecule has 1 unspecified atom stereocenters. The first-order valence-electron chi connectivity index (χ1n) is 13.6. The van der Waals surface area contributed by atoms with Crippen molar-refractivity contribution in [2.24, 2.45) is 0 Å². The van der Waals surface area contributed by atoms with Crippen molar-refractivity contribution in [3.8, 4) is 0 Å². The number of aliphatic hydroxyl groups is 1. The summed E-state index contributed by atoms with van der Waals surface area (Å²) >= 11 is 0. The Hall–Kier alpha value is -4.61. The first kappa shape index (κ1) is 27.9. The third kappa shape index (κ3) is 5.05. The lowest BCUT2D eigenvalue weighted by atomic mass is 10.2. The molecule has 0 bridgehead atoms. The number of ether oxygens (including phenoxy) is 2. The van der Waals surface area contributed by atoms with Crippen LogP contribution in [0.1, 0.15) is 19.9 Å². The summed E-state index contributed by atoms with van der Waals surface area (Å²) in [5.74, 6) is -0.790. The molecule has 0 saturated carbocycles. The second-order valence-electron chi connectivity index (χ2n) is 9.28. The second kappa shape index (κ2) is 12.3. The Bertz CT molecular complexity index is 1560. The lowest BCUT2D eigenvalue weighted by Crippen LogP contribution is -2.38. The summed E-state index contributed by atoms with van der Waals surface area (Å²) in [5, 5.41) is 15.1. The van der Waals surface area contributed by atoms with Crippen LogP contribution in [0.4, 0.5) is 5.95 Å². The smallest absolute Gasteiger partial charge is 0.337 e. The third-order valence-corrected chi connectivity index (χ3v) is 11.3. The van der Waals surface area contributed by atoms with Crippen molar-refractivity contribution in [1.29, 1.82) is 0 Å². The van der Waals surface area contributed by atoms with E-state index in [-0.39, 0.29) is 25.1 Å². The van der Waals surface area contributed by atoms with E-state index >= 15 is 0 Å². The summed E-state index contributed by atoms with van der Waals surface area (Å²) in [6.07, 6.45) is 0. The number of nitrogens with zero attached hydrogens (tertiary/aromatic N) is 2. The van der Waals surface area contributed by atoms with Crippen LogP contribution in [-0.4, -0.2) is 33.8 Å². The van der Waals surface area contributed by atoms with Gasteiger partial charge in [0.15, 0.2) is 7.26 Å². The van der Waals surface area contributed by atoms with Gasteiger partial charge in [0.05, 0.1) is 24.2 Å². The number of aromatic nitrogens is 2. The zero-order chi connectivity index (χ0) is 28.8. The van der Waals surface area contributed by atoms with Gasteiger partial charge in [-0.15, -0.1) is 0 Å². The van der Waals surface area contributed by atoms with Gasteiger partial charge in [-0.05, 0) is 62.4 Å². The van der Waals surface area contributed by atoms with Gasteiger partial charge in [0.2, 0.25) is 17.3 Å². The van der Waals surface area contributed by atoms with Crippen molar-refractivity contribution >= 4 is 46.1 Å². The summed E-state index contributed by atoms with van der Waals surface area (Å²) in [4.78, 5) is 18.8. The fourth-order valence-electron chi connectivity index (χ4n) is 5.37. The molecular weight excluding hydrogens is 533 g/mol. The summed E-state index contributed by atoms with van der Waals surface area (Å²) in [6.45, 7) is 3.87. The molecule has 0 aliphatic rings. The molecule has 208 valence electrons. The van der Waals surface area contributed by atoms with E-state index in [0.29, 0.717) is 16.3 Å². The van der Waals surface area contributed by atoms with Crippen LogP contribution in [0.25, 0.3) is 11.0 Å². The van der Waals surface area contributed by atoms with Crippen LogP contribution in [0.3, 0.4) is 0 Å². The lowest BCUT2D eigenvalue weighted by molar-refractivity contribution is -0.145. The number of nitrogen functional groups attached to an aromatic ring is 1. The lowest BCUT2D eigenvalue weighted by Gasteiger charge is -2.33. The van der Waals surface area contributed by atoms with Gasteiger partial charge in [0.1, 0.15) is 15.9 Å². The summed E-state index contributed by atoms with van der Waals surface area (Å²) in [5.41, 5.74) is 7.83. The molecule has 1 heterocycles. The number of benzene rings is 4. The van der Waals surface area contributed by atoms with Crippen LogP contribution >= 0.6 is 7.26 Å². The maximum atomic E-state index is 14.2. The van der Waals surface area contributed by atoms with Gasteiger partial charge in [-0.2, -0.15) is 0 Å². The monoisotopic (exact) mass is 566 g/mol. The van der Waals surface area contributed by atoms with Crippen molar-refractivity contribution in [3.63, 3.8) is 0 Å². The number of hydrogen-bond acceptors (Lipinski definition) is 6. The Morgan fingerprint density at radius 1 is 0.780 bits per heavy atom. The number of carbonyl (C=O) groups excluding carboxylic acids is 1. The quantitative estimate of drug-likeness (QED) is 0.132. The number of esters is 1. The molecule has 0 spiro atoms. The summed E-state index contributed by atoms with van der Waals surface area (Å²) in [7, 11) is -3.02. The Labute approximate surface area is 240 Å². The van der Waals surface area contributed by atoms with E-state index < -0.39 is 19.3 Å². The number of para-hydroxylation sites is 2. The Kier molecular flexibility index (Phi) is 8.37. The molecule has 0 aliphatic carbocycles. The maximum Gasteiger partial charge on any atom is 0.337 e. The molecule has 41 heavy (non-hydrogen) atoms. The zero-order valence-corrected chi connectivity index (χ0v) is 23.9. The average molecular weight is 567 g/mol. The first-order chi connectivity index (χ1) is 20.0. The first-order valence-corrected chi connectivity index (χ1v) is 15.3. The van der Waals surface area contributed by atoms with Crippen molar-refractivity contribution in [1.82, 2.24) is 9.55 Å². The zero-order valence-electron chi connectivity index (χ0n) is 23.1. The van der Waals surface area contributed by atoms with Gasteiger partial charge in [-0.1, -0.05) is 66.7 Å². The fourth-order valence-corrected chi connectivity index (χ4v) is 9.89. The molecule has 5 rings (SSSR count). The highest BCUT2D eigenvalue weighted by Crippen LogP contribution is 2.66. The van der Waals surface area contributed by atoms with E-state index in [2.05, 4.69) is 4.98 Å². The number of hydrogen-bond donors (Lipinski definition) is 2. The molecule has 3 N–H and O–H groups in total. The number of carbonyl (C=O) groups is 1. The van der Waals surface area contributed by atoms with Gasteiger partial charge < -0.3 is 20.3 Å². The van der Waals surface area contributed by atoms with Crippen LogP contribution in [0.5, 0.6) is 0 Å². The van der Waals surface area contributed by atoms with E-state index in [1.807, 2.05) is 115 Å². The van der Waals surface area contributed by atoms with Crippen LogP contribution in [-0.2, 0) is 14.3 Å². The van der Waals surface area contributed by atoms with Gasteiger partial charge in [-0.3, -0.25) is 4.57 Å². The normalized spacial score (nSPS) is 12.9. The minimum atomic E-state index is -3.02. The highest BCUT2D eigenvalue weighted by Gasteiger charge is 2.58. The number of fused-ring (bicyclic) bond motifs is 1. The van der Waals surface area contributed by atoms with Crippen LogP contribution in [0.2, 0.25) is 0 Å². The SMILES string of the molecule is CCOC(=O)C(/C(=C(\O)OCC)[P+](c1ccccc1)(c1ccccc1)c1ccccc1)n1c(N)nc2ccccc21. The number of anilines is 1. The highest BCUT2D eigenvalue weighted by molar-refractivity contribution is 7.99. The minimum absolute atomic E-state index is 0.123. The van der Waals surface area contributed by atoms with Crippen LogP contribution in [0.15, 0.2) is 127 Å². The molecule has 0 aliphatic heterocycles. The van der Waals surface area contributed by atoms with Crippen molar-refractivity contribution in [2.75, 3.05) is 18.9 Å². The minimum Gasteiger partial charge on any atom is -0.478 e. The highest BCUT2D eigenvalue weighted by atomic mass is 31.2. The van der Waals surface area contributed by atoms with Gasteiger partial charge in [-0.25, -0.2) is 9.78 Å². The number of nitrogens with two attached hydrogens (primary N) is 1. The molecule has 1 atom stereocenters. The Balaban J connectivity index is 2.00. The molecule has 0 amide bonds. The van der Waals surface area contributed by atoms with Gasteiger partial charge in [0, 0.05) is 0 Å². The van der Waals surface area contributed by atoms with Crippen molar-refractivity contribution < 1.29 is 19.4 Å². The third-order valence-electron chi connectivity index (χ3n) is 6.94. The molecule has 4 aromatic carbocycles. The molecule has 0 radical (unpaired) electrons. The largest absolute Gasteiger partial charge is 0.478 e. The predicted molar refractivity (Wildman–Crippen MR) is 166 cm³/mol. The molecule has 1 aromatic heterocycles. The number of rotatable bonds is 10. The average Bonchev–Trinajstić information content (AvgIpc) is 3.34. The molecule has 0 saturated heterocycles. The number of aliphatic hydroxyl groups excluding tert-OH is 1. The van der Waals surface area contributed by atoms with Crippen LogP contribution in [0, 0.1) is 0 Å². The standard InChI is InChI=1S/C33H32N3O4P/c1-3-39-31(37)29(36-28-23-15-14-22-27(28)35-33(36)34)30(32(38)40-4-2)41(24-16-8-5-9-17-24,25-18-10-6-11-19-25)26-20-12-7-13-21-26/h5-23,29H,3-4H2,1-2H3,(H2-,34,35,38)/p+1/b32-30-. The summed E-state index contributed by atoms with van der Waals surface area (Å²) < 4.78 is 13.3.